The molecule has 2 rings (SSSR count). The van der Waals surface area contributed by atoms with Crippen LogP contribution in [-0.4, -0.2) is 37.0 Å². The van der Waals surface area contributed by atoms with E-state index in [1.807, 2.05) is 11.0 Å². The van der Waals surface area contributed by atoms with Gasteiger partial charge in [-0.1, -0.05) is 6.08 Å². The average Bonchev–Trinajstić information content (AvgIpc) is 2.61. The first-order valence-corrected chi connectivity index (χ1v) is 5.90. The van der Waals surface area contributed by atoms with Crippen molar-refractivity contribution >= 4 is 5.91 Å². The average molecular weight is 208 g/mol. The topological polar surface area (TPSA) is 32.3 Å². The van der Waals surface area contributed by atoms with Gasteiger partial charge in [0, 0.05) is 25.4 Å². The molecule has 1 unspecified atom stereocenters. The second kappa shape index (κ2) is 4.79. The van der Waals surface area contributed by atoms with Crippen LogP contribution in [-0.2, 0) is 4.79 Å². The first-order valence-electron chi connectivity index (χ1n) is 5.90. The molecule has 3 nitrogen and oxygen atoms in total. The van der Waals surface area contributed by atoms with Crippen molar-refractivity contribution in [3.8, 4) is 0 Å². The maximum absolute atomic E-state index is 11.7. The molecular weight excluding hydrogens is 188 g/mol. The lowest BCUT2D eigenvalue weighted by atomic mass is 9.98. The number of likely N-dealkylation sites (tertiary alicyclic amines) is 1. The van der Waals surface area contributed by atoms with Crippen molar-refractivity contribution in [2.45, 2.75) is 19.3 Å². The molecule has 15 heavy (non-hydrogen) atoms. The minimum Gasteiger partial charge on any atom is -0.342 e. The van der Waals surface area contributed by atoms with Crippen LogP contribution in [0.25, 0.3) is 0 Å². The Hall–Kier alpha value is -0.830. The molecule has 0 radical (unpaired) electrons. The molecular formula is C12H20N2O. The van der Waals surface area contributed by atoms with Crippen LogP contribution >= 0.6 is 0 Å². The number of rotatable bonds is 3. The molecule has 0 saturated carbocycles. The fraction of sp³-hybridized carbons (Fsp3) is 0.750. The summed E-state index contributed by atoms with van der Waals surface area (Å²) in [5.74, 6) is 1.41. The lowest BCUT2D eigenvalue weighted by Crippen LogP contribution is -2.36. The van der Waals surface area contributed by atoms with Crippen molar-refractivity contribution in [2.75, 3.05) is 26.2 Å². The van der Waals surface area contributed by atoms with Crippen molar-refractivity contribution in [3.63, 3.8) is 0 Å². The largest absolute Gasteiger partial charge is 0.342 e. The normalized spacial score (nSPS) is 28.4. The number of carbonyl (C=O) groups excluding carboxylic acids is 1. The van der Waals surface area contributed by atoms with Gasteiger partial charge in [0.25, 0.3) is 0 Å². The number of carbonyl (C=O) groups is 1. The Morgan fingerprint density at radius 3 is 2.80 bits per heavy atom. The zero-order valence-corrected chi connectivity index (χ0v) is 9.24. The quantitative estimate of drug-likeness (QED) is 0.702. The van der Waals surface area contributed by atoms with E-state index in [-0.39, 0.29) is 0 Å². The van der Waals surface area contributed by atoms with Crippen LogP contribution < -0.4 is 5.32 Å². The lowest BCUT2D eigenvalue weighted by molar-refractivity contribution is -0.128. The summed E-state index contributed by atoms with van der Waals surface area (Å²) < 4.78 is 0. The second-order valence-corrected chi connectivity index (χ2v) is 4.69. The van der Waals surface area contributed by atoms with Gasteiger partial charge >= 0.3 is 0 Å². The van der Waals surface area contributed by atoms with E-state index in [4.69, 9.17) is 0 Å². The first-order chi connectivity index (χ1) is 7.29. The minimum absolute atomic E-state index is 0.318. The third-order valence-electron chi connectivity index (χ3n) is 3.52. The molecule has 0 spiro atoms. The van der Waals surface area contributed by atoms with Gasteiger partial charge in [-0.15, -0.1) is 6.58 Å². The summed E-state index contributed by atoms with van der Waals surface area (Å²) in [6.07, 6.45) is 5.01. The molecule has 1 amide bonds. The summed E-state index contributed by atoms with van der Waals surface area (Å²) in [6, 6.07) is 0. The number of hydrogen-bond acceptors (Lipinski definition) is 2. The van der Waals surface area contributed by atoms with Crippen LogP contribution in [0.2, 0.25) is 0 Å². The van der Waals surface area contributed by atoms with E-state index >= 15 is 0 Å². The second-order valence-electron chi connectivity index (χ2n) is 4.69. The van der Waals surface area contributed by atoms with E-state index in [0.29, 0.717) is 24.2 Å². The molecule has 1 atom stereocenters. The van der Waals surface area contributed by atoms with Crippen LogP contribution in [0, 0.1) is 11.8 Å². The standard InChI is InChI=1S/C12H20N2O/c1-2-10-7-12(15)14(8-10)9-11-3-5-13-6-4-11/h2,10-11,13H,1,3-9H2. The highest BCUT2D eigenvalue weighted by Crippen LogP contribution is 2.22. The van der Waals surface area contributed by atoms with E-state index in [0.717, 1.165) is 26.2 Å². The van der Waals surface area contributed by atoms with Gasteiger partial charge < -0.3 is 10.2 Å². The number of piperidine rings is 1. The first kappa shape index (κ1) is 10.7. The maximum atomic E-state index is 11.7. The summed E-state index contributed by atoms with van der Waals surface area (Å²) in [6.45, 7) is 7.85. The number of hydrogen-bond donors (Lipinski definition) is 1. The Bertz CT molecular complexity index is 246. The van der Waals surface area contributed by atoms with Gasteiger partial charge in [-0.2, -0.15) is 0 Å². The summed E-state index contributed by atoms with van der Waals surface area (Å²) in [5, 5.41) is 3.35. The molecule has 2 heterocycles. The van der Waals surface area contributed by atoms with Crippen molar-refractivity contribution in [1.82, 2.24) is 10.2 Å². The van der Waals surface area contributed by atoms with Crippen LogP contribution in [0.1, 0.15) is 19.3 Å². The molecule has 3 heteroatoms. The van der Waals surface area contributed by atoms with Crippen molar-refractivity contribution in [2.24, 2.45) is 11.8 Å². The number of amides is 1. The number of nitrogens with zero attached hydrogens (tertiary/aromatic N) is 1. The summed E-state index contributed by atoms with van der Waals surface area (Å²) in [7, 11) is 0. The van der Waals surface area contributed by atoms with Gasteiger partial charge in [-0.25, -0.2) is 0 Å². The van der Waals surface area contributed by atoms with Crippen LogP contribution in [0.5, 0.6) is 0 Å². The highest BCUT2D eigenvalue weighted by atomic mass is 16.2. The molecule has 2 aliphatic heterocycles. The Labute approximate surface area is 91.5 Å². The lowest BCUT2D eigenvalue weighted by Gasteiger charge is -2.27. The van der Waals surface area contributed by atoms with Crippen molar-refractivity contribution in [3.05, 3.63) is 12.7 Å². The van der Waals surface area contributed by atoms with E-state index in [1.165, 1.54) is 12.8 Å². The SMILES string of the molecule is C=CC1CC(=O)N(CC2CCNCC2)C1. The van der Waals surface area contributed by atoms with Crippen LogP contribution in [0.4, 0.5) is 0 Å². The third kappa shape index (κ3) is 2.59. The molecule has 2 fully saturated rings. The molecule has 0 bridgehead atoms. The maximum Gasteiger partial charge on any atom is 0.223 e. The fourth-order valence-electron chi connectivity index (χ4n) is 2.51. The van der Waals surface area contributed by atoms with E-state index in [1.54, 1.807) is 0 Å². The monoisotopic (exact) mass is 208 g/mol. The smallest absolute Gasteiger partial charge is 0.223 e. The molecule has 0 aromatic heterocycles. The number of nitrogens with one attached hydrogen (secondary N) is 1. The Morgan fingerprint density at radius 1 is 1.47 bits per heavy atom. The van der Waals surface area contributed by atoms with E-state index in [9.17, 15) is 4.79 Å². The van der Waals surface area contributed by atoms with Gasteiger partial charge in [0.15, 0.2) is 0 Å². The highest BCUT2D eigenvalue weighted by Gasteiger charge is 2.29. The third-order valence-corrected chi connectivity index (χ3v) is 3.52. The molecule has 2 saturated heterocycles. The molecule has 2 aliphatic rings. The Morgan fingerprint density at radius 2 is 2.20 bits per heavy atom. The van der Waals surface area contributed by atoms with Crippen LogP contribution in [0.15, 0.2) is 12.7 Å². The van der Waals surface area contributed by atoms with E-state index in [2.05, 4.69) is 11.9 Å². The Kier molecular flexibility index (Phi) is 3.41. The summed E-state index contributed by atoms with van der Waals surface area (Å²) in [5.41, 5.74) is 0. The highest BCUT2D eigenvalue weighted by molar-refractivity contribution is 5.78. The van der Waals surface area contributed by atoms with Crippen LogP contribution in [0.3, 0.4) is 0 Å². The zero-order valence-electron chi connectivity index (χ0n) is 9.24. The van der Waals surface area contributed by atoms with Gasteiger partial charge in [0.1, 0.15) is 0 Å². The molecule has 84 valence electrons. The molecule has 0 aromatic rings. The predicted molar refractivity (Wildman–Crippen MR) is 60.5 cm³/mol. The van der Waals surface area contributed by atoms with Crippen molar-refractivity contribution < 1.29 is 4.79 Å². The molecule has 1 N–H and O–H groups in total. The fourth-order valence-corrected chi connectivity index (χ4v) is 2.51. The van der Waals surface area contributed by atoms with Gasteiger partial charge in [0.2, 0.25) is 5.91 Å². The minimum atomic E-state index is 0.318. The van der Waals surface area contributed by atoms with Gasteiger partial charge in [-0.3, -0.25) is 4.79 Å². The predicted octanol–water partition coefficient (Wildman–Crippen LogP) is 1.02. The molecule has 0 aromatic carbocycles. The summed E-state index contributed by atoms with van der Waals surface area (Å²) in [4.78, 5) is 13.7. The zero-order chi connectivity index (χ0) is 10.7. The summed E-state index contributed by atoms with van der Waals surface area (Å²) >= 11 is 0. The Balaban J connectivity index is 1.83. The van der Waals surface area contributed by atoms with E-state index < -0.39 is 0 Å². The molecule has 0 aliphatic carbocycles. The van der Waals surface area contributed by atoms with Crippen molar-refractivity contribution in [1.29, 1.82) is 0 Å². The van der Waals surface area contributed by atoms with Gasteiger partial charge in [0.05, 0.1) is 0 Å². The van der Waals surface area contributed by atoms with Gasteiger partial charge in [-0.05, 0) is 31.8 Å².